The minimum Gasteiger partial charge on any atom is -0.452 e. The van der Waals surface area contributed by atoms with E-state index in [-0.39, 0.29) is 6.04 Å². The number of furan rings is 1. The van der Waals surface area contributed by atoms with Crippen LogP contribution in [0.3, 0.4) is 0 Å². The smallest absolute Gasteiger partial charge is 0.169 e. The molecule has 1 aliphatic rings. The van der Waals surface area contributed by atoms with Crippen LogP contribution in [0.25, 0.3) is 0 Å². The largest absolute Gasteiger partial charge is 0.452 e. The summed E-state index contributed by atoms with van der Waals surface area (Å²) in [5.74, 6) is 0.993. The fourth-order valence-corrected chi connectivity index (χ4v) is 2.27. The molecule has 14 heavy (non-hydrogen) atoms. The second kappa shape index (κ2) is 4.32. The molecule has 2 nitrogen and oxygen atoms in total. The molecule has 2 rings (SSSR count). The maximum atomic E-state index is 5.56. The molecule has 1 N–H and O–H groups in total. The maximum Gasteiger partial charge on any atom is 0.169 e. The van der Waals surface area contributed by atoms with Gasteiger partial charge < -0.3 is 9.73 Å². The molecule has 0 amide bonds. The summed E-state index contributed by atoms with van der Waals surface area (Å²) < 4.78 is 6.36. The second-order valence-electron chi connectivity index (χ2n) is 3.53. The van der Waals surface area contributed by atoms with Gasteiger partial charge in [-0.2, -0.15) is 0 Å². The molecule has 0 radical (unpaired) electrons. The lowest BCUT2D eigenvalue weighted by molar-refractivity contribution is 0.441. The molecule has 1 unspecified atom stereocenters. The summed E-state index contributed by atoms with van der Waals surface area (Å²) in [5, 5.41) is 3.29. The predicted molar refractivity (Wildman–Crippen MR) is 60.1 cm³/mol. The Labute approximate surface area is 92.5 Å². The molecule has 0 aliphatic heterocycles. The van der Waals surface area contributed by atoms with E-state index in [2.05, 4.69) is 27.3 Å². The van der Waals surface area contributed by atoms with E-state index in [1.54, 1.807) is 0 Å². The Bertz CT molecular complexity index is 343. The average Bonchev–Trinajstić information content (AvgIpc) is 2.79. The molecular weight excluding hydrogens is 242 g/mol. The third-order valence-electron chi connectivity index (χ3n) is 2.61. The van der Waals surface area contributed by atoms with Crippen molar-refractivity contribution < 1.29 is 4.42 Å². The molecule has 3 heteroatoms. The van der Waals surface area contributed by atoms with Crippen molar-refractivity contribution in [3.05, 3.63) is 34.2 Å². The van der Waals surface area contributed by atoms with Crippen molar-refractivity contribution in [2.75, 3.05) is 7.05 Å². The van der Waals surface area contributed by atoms with Crippen molar-refractivity contribution >= 4 is 15.9 Å². The highest BCUT2D eigenvalue weighted by Crippen LogP contribution is 2.32. The topological polar surface area (TPSA) is 25.2 Å². The fourth-order valence-electron chi connectivity index (χ4n) is 1.95. The van der Waals surface area contributed by atoms with E-state index < -0.39 is 0 Å². The number of nitrogens with one attached hydrogen (secondary N) is 1. The summed E-state index contributed by atoms with van der Waals surface area (Å²) >= 11 is 3.32. The lowest BCUT2D eigenvalue weighted by Gasteiger charge is -2.14. The van der Waals surface area contributed by atoms with Crippen molar-refractivity contribution in [3.8, 4) is 0 Å². The zero-order valence-electron chi connectivity index (χ0n) is 8.22. The average molecular weight is 256 g/mol. The molecule has 0 bridgehead atoms. The van der Waals surface area contributed by atoms with Gasteiger partial charge in [-0.15, -0.1) is 0 Å². The van der Waals surface area contributed by atoms with Crippen LogP contribution >= 0.6 is 15.9 Å². The first-order chi connectivity index (χ1) is 6.81. The lowest BCUT2D eigenvalue weighted by Crippen LogP contribution is -2.17. The molecule has 1 aromatic rings. The van der Waals surface area contributed by atoms with Gasteiger partial charge in [0.05, 0.1) is 6.04 Å². The highest BCUT2D eigenvalue weighted by molar-refractivity contribution is 9.10. The Morgan fingerprint density at radius 2 is 2.36 bits per heavy atom. The van der Waals surface area contributed by atoms with Crippen LogP contribution in [-0.4, -0.2) is 7.05 Å². The molecule has 1 aliphatic carbocycles. The Hall–Kier alpha value is -0.540. The zero-order chi connectivity index (χ0) is 9.97. The Balaban J connectivity index is 2.20. The first kappa shape index (κ1) is 9.99. The first-order valence-electron chi connectivity index (χ1n) is 4.92. The van der Waals surface area contributed by atoms with Crippen LogP contribution in [0.2, 0.25) is 0 Å². The molecule has 0 aromatic carbocycles. The summed E-state index contributed by atoms with van der Waals surface area (Å²) in [7, 11) is 1.97. The van der Waals surface area contributed by atoms with Crippen molar-refractivity contribution in [1.29, 1.82) is 0 Å². The monoisotopic (exact) mass is 255 g/mol. The molecule has 1 atom stereocenters. The summed E-state index contributed by atoms with van der Waals surface area (Å²) in [6.45, 7) is 0. The summed E-state index contributed by atoms with van der Waals surface area (Å²) in [5.41, 5.74) is 1.45. The Morgan fingerprint density at radius 3 is 2.86 bits per heavy atom. The van der Waals surface area contributed by atoms with E-state index in [0.717, 1.165) is 10.4 Å². The van der Waals surface area contributed by atoms with Crippen molar-refractivity contribution in [3.63, 3.8) is 0 Å². The van der Waals surface area contributed by atoms with E-state index in [1.807, 2.05) is 19.2 Å². The van der Waals surface area contributed by atoms with Crippen LogP contribution in [0.4, 0.5) is 0 Å². The normalized spacial score (nSPS) is 18.3. The number of halogens is 1. The van der Waals surface area contributed by atoms with E-state index in [0.29, 0.717) is 0 Å². The quantitative estimate of drug-likeness (QED) is 0.838. The molecule has 0 spiro atoms. The van der Waals surface area contributed by atoms with Gasteiger partial charge in [0.15, 0.2) is 4.67 Å². The third kappa shape index (κ3) is 1.93. The van der Waals surface area contributed by atoms with Gasteiger partial charge in [0.1, 0.15) is 5.76 Å². The molecule has 1 aromatic heterocycles. The number of allylic oxidation sites excluding steroid dienone is 1. The highest BCUT2D eigenvalue weighted by Gasteiger charge is 2.19. The number of hydrogen-bond acceptors (Lipinski definition) is 2. The Kier molecular flexibility index (Phi) is 3.08. The van der Waals surface area contributed by atoms with Gasteiger partial charge in [0, 0.05) is 0 Å². The van der Waals surface area contributed by atoms with Gasteiger partial charge in [0.25, 0.3) is 0 Å². The van der Waals surface area contributed by atoms with Crippen molar-refractivity contribution in [2.24, 2.45) is 0 Å². The molecule has 76 valence electrons. The fraction of sp³-hybridized carbons (Fsp3) is 0.455. The minimum absolute atomic E-state index is 0.254. The van der Waals surface area contributed by atoms with Gasteiger partial charge in [-0.25, -0.2) is 0 Å². The standard InChI is InChI=1S/C11H14BrNO/c1-13-11(8-4-2-3-5-8)9-6-7-10(12)14-9/h4,6-7,11,13H,2-3,5H2,1H3. The van der Waals surface area contributed by atoms with E-state index in [4.69, 9.17) is 4.42 Å². The predicted octanol–water partition coefficient (Wildman–Crippen LogP) is 3.41. The van der Waals surface area contributed by atoms with Gasteiger partial charge in [0.2, 0.25) is 0 Å². The SMILES string of the molecule is CNC(C1=CCCC1)c1ccc(Br)o1. The van der Waals surface area contributed by atoms with Crippen LogP contribution < -0.4 is 5.32 Å². The summed E-state index contributed by atoms with van der Waals surface area (Å²) in [4.78, 5) is 0. The molecular formula is C11H14BrNO. The number of likely N-dealkylation sites (N-methyl/N-ethyl adjacent to an activating group) is 1. The number of hydrogen-bond donors (Lipinski definition) is 1. The first-order valence-corrected chi connectivity index (χ1v) is 5.72. The summed E-state index contributed by atoms with van der Waals surface area (Å²) in [6.07, 6.45) is 5.98. The van der Waals surface area contributed by atoms with Crippen LogP contribution in [0.1, 0.15) is 31.1 Å². The van der Waals surface area contributed by atoms with Crippen LogP contribution in [0.15, 0.2) is 32.9 Å². The van der Waals surface area contributed by atoms with Crippen molar-refractivity contribution in [2.45, 2.75) is 25.3 Å². The van der Waals surface area contributed by atoms with Gasteiger partial charge in [-0.3, -0.25) is 0 Å². The molecule has 1 heterocycles. The molecule has 0 saturated heterocycles. The van der Waals surface area contributed by atoms with Gasteiger partial charge >= 0.3 is 0 Å². The highest BCUT2D eigenvalue weighted by atomic mass is 79.9. The lowest BCUT2D eigenvalue weighted by atomic mass is 10.0. The molecule has 0 fully saturated rings. The van der Waals surface area contributed by atoms with E-state index >= 15 is 0 Å². The van der Waals surface area contributed by atoms with Gasteiger partial charge in [-0.1, -0.05) is 6.08 Å². The zero-order valence-corrected chi connectivity index (χ0v) is 9.80. The molecule has 0 saturated carbocycles. The second-order valence-corrected chi connectivity index (χ2v) is 4.32. The van der Waals surface area contributed by atoms with Crippen LogP contribution in [0.5, 0.6) is 0 Å². The summed E-state index contributed by atoms with van der Waals surface area (Å²) in [6, 6.07) is 4.21. The van der Waals surface area contributed by atoms with E-state index in [9.17, 15) is 0 Å². The van der Waals surface area contributed by atoms with Crippen LogP contribution in [-0.2, 0) is 0 Å². The maximum absolute atomic E-state index is 5.56. The van der Waals surface area contributed by atoms with Gasteiger partial charge in [-0.05, 0) is 59.9 Å². The van der Waals surface area contributed by atoms with Crippen molar-refractivity contribution in [1.82, 2.24) is 5.32 Å². The Morgan fingerprint density at radius 1 is 1.50 bits per heavy atom. The minimum atomic E-state index is 0.254. The number of rotatable bonds is 3. The third-order valence-corrected chi connectivity index (χ3v) is 3.04. The van der Waals surface area contributed by atoms with E-state index in [1.165, 1.54) is 24.8 Å². The van der Waals surface area contributed by atoms with Crippen LogP contribution in [0, 0.1) is 0 Å².